The maximum Gasteiger partial charge on any atom is 0.254 e. The molecule has 1 aromatic carbocycles. The summed E-state index contributed by atoms with van der Waals surface area (Å²) in [7, 11) is 3.58. The van der Waals surface area contributed by atoms with Crippen LogP contribution in [0.15, 0.2) is 18.2 Å². The SMILES string of the molecule is COc1cc(C(=O)N2CCC[C@@H](CN3CCN(C)CC3)C2)ccc1F. The Balaban J connectivity index is 1.59. The number of rotatable bonds is 4. The van der Waals surface area contributed by atoms with E-state index in [2.05, 4.69) is 16.8 Å². The minimum absolute atomic E-state index is 0.0265. The van der Waals surface area contributed by atoms with Crippen molar-refractivity contribution in [3.8, 4) is 5.75 Å². The minimum atomic E-state index is -0.439. The lowest BCUT2D eigenvalue weighted by atomic mass is 9.96. The summed E-state index contributed by atoms with van der Waals surface area (Å²) in [6.45, 7) is 7.06. The molecule has 2 heterocycles. The predicted octanol–water partition coefficient (Wildman–Crippen LogP) is 1.93. The molecule has 0 saturated carbocycles. The fraction of sp³-hybridized carbons (Fsp3) is 0.632. The van der Waals surface area contributed by atoms with Crippen molar-refractivity contribution in [2.45, 2.75) is 12.8 Å². The van der Waals surface area contributed by atoms with Crippen molar-refractivity contribution in [2.24, 2.45) is 5.92 Å². The van der Waals surface area contributed by atoms with E-state index >= 15 is 0 Å². The monoisotopic (exact) mass is 349 g/mol. The first-order valence-corrected chi connectivity index (χ1v) is 9.10. The first-order valence-electron chi connectivity index (χ1n) is 9.10. The average molecular weight is 349 g/mol. The highest BCUT2D eigenvalue weighted by Crippen LogP contribution is 2.23. The van der Waals surface area contributed by atoms with Crippen LogP contribution in [0.1, 0.15) is 23.2 Å². The van der Waals surface area contributed by atoms with Gasteiger partial charge in [0, 0.05) is 51.4 Å². The molecule has 138 valence electrons. The minimum Gasteiger partial charge on any atom is -0.494 e. The Kier molecular flexibility index (Phi) is 5.91. The molecule has 3 rings (SSSR count). The Hall–Kier alpha value is -1.66. The van der Waals surface area contributed by atoms with Crippen LogP contribution >= 0.6 is 0 Å². The largest absolute Gasteiger partial charge is 0.494 e. The normalized spacial score (nSPS) is 22.8. The van der Waals surface area contributed by atoms with Crippen LogP contribution in [0.4, 0.5) is 4.39 Å². The summed E-state index contributed by atoms with van der Waals surface area (Å²) in [6.07, 6.45) is 2.20. The number of hydrogen-bond acceptors (Lipinski definition) is 4. The number of ether oxygens (including phenoxy) is 1. The summed E-state index contributed by atoms with van der Waals surface area (Å²) < 4.78 is 18.6. The number of benzene rings is 1. The number of likely N-dealkylation sites (tertiary alicyclic amines) is 1. The molecule has 25 heavy (non-hydrogen) atoms. The molecule has 2 aliphatic heterocycles. The van der Waals surface area contributed by atoms with Crippen molar-refractivity contribution in [1.29, 1.82) is 0 Å². The second-order valence-corrected chi connectivity index (χ2v) is 7.21. The Morgan fingerprint density at radius 3 is 2.72 bits per heavy atom. The molecule has 1 atom stereocenters. The molecule has 2 aliphatic rings. The highest BCUT2D eigenvalue weighted by atomic mass is 19.1. The quantitative estimate of drug-likeness (QED) is 0.832. The zero-order chi connectivity index (χ0) is 17.8. The third-order valence-electron chi connectivity index (χ3n) is 5.32. The molecule has 5 nitrogen and oxygen atoms in total. The van der Waals surface area contributed by atoms with Crippen LogP contribution in [0, 0.1) is 11.7 Å². The number of piperazine rings is 1. The van der Waals surface area contributed by atoms with Gasteiger partial charge in [0.2, 0.25) is 0 Å². The van der Waals surface area contributed by atoms with E-state index in [1.807, 2.05) is 4.90 Å². The predicted molar refractivity (Wildman–Crippen MR) is 95.5 cm³/mol. The number of likely N-dealkylation sites (N-methyl/N-ethyl adjacent to an activating group) is 1. The highest BCUT2D eigenvalue weighted by molar-refractivity contribution is 5.94. The van der Waals surface area contributed by atoms with Gasteiger partial charge >= 0.3 is 0 Å². The van der Waals surface area contributed by atoms with Gasteiger partial charge in [-0.2, -0.15) is 0 Å². The molecule has 0 bridgehead atoms. The maximum absolute atomic E-state index is 13.6. The Bertz CT molecular complexity index is 602. The Morgan fingerprint density at radius 2 is 2.00 bits per heavy atom. The number of hydrogen-bond donors (Lipinski definition) is 0. The molecule has 0 spiro atoms. The van der Waals surface area contributed by atoms with Gasteiger partial charge in [0.15, 0.2) is 11.6 Å². The zero-order valence-electron chi connectivity index (χ0n) is 15.2. The van der Waals surface area contributed by atoms with Crippen molar-refractivity contribution in [1.82, 2.24) is 14.7 Å². The summed E-state index contributed by atoms with van der Waals surface area (Å²) in [4.78, 5) is 19.6. The van der Waals surface area contributed by atoms with Crippen LogP contribution in [0.2, 0.25) is 0 Å². The van der Waals surface area contributed by atoms with E-state index in [1.54, 1.807) is 6.07 Å². The topological polar surface area (TPSA) is 36.0 Å². The Morgan fingerprint density at radius 1 is 1.24 bits per heavy atom. The van der Waals surface area contributed by atoms with Crippen LogP contribution in [0.3, 0.4) is 0 Å². The van der Waals surface area contributed by atoms with E-state index in [-0.39, 0.29) is 11.7 Å². The van der Waals surface area contributed by atoms with E-state index in [1.165, 1.54) is 25.7 Å². The van der Waals surface area contributed by atoms with Gasteiger partial charge in [-0.05, 0) is 44.0 Å². The summed E-state index contributed by atoms with van der Waals surface area (Å²) in [5.41, 5.74) is 0.499. The molecule has 1 amide bonds. The number of nitrogens with zero attached hydrogens (tertiary/aromatic N) is 3. The smallest absolute Gasteiger partial charge is 0.254 e. The van der Waals surface area contributed by atoms with Gasteiger partial charge in [-0.15, -0.1) is 0 Å². The fourth-order valence-corrected chi connectivity index (χ4v) is 3.77. The van der Waals surface area contributed by atoms with Crippen molar-refractivity contribution >= 4 is 5.91 Å². The third-order valence-corrected chi connectivity index (χ3v) is 5.32. The van der Waals surface area contributed by atoms with Gasteiger partial charge in [0.1, 0.15) is 0 Å². The van der Waals surface area contributed by atoms with E-state index in [9.17, 15) is 9.18 Å². The molecule has 0 aromatic heterocycles. The molecule has 0 unspecified atom stereocenters. The number of piperidine rings is 1. The molecule has 2 saturated heterocycles. The van der Waals surface area contributed by atoms with Gasteiger partial charge in [0.05, 0.1) is 7.11 Å². The molecule has 6 heteroatoms. The van der Waals surface area contributed by atoms with Crippen LogP contribution in [0.5, 0.6) is 5.75 Å². The van der Waals surface area contributed by atoms with Crippen LogP contribution in [0.25, 0.3) is 0 Å². The molecule has 0 aliphatic carbocycles. The molecule has 2 fully saturated rings. The van der Waals surface area contributed by atoms with Gasteiger partial charge in [-0.25, -0.2) is 4.39 Å². The summed E-state index contributed by atoms with van der Waals surface area (Å²) in [6, 6.07) is 4.35. The number of methoxy groups -OCH3 is 1. The molecular weight excluding hydrogens is 321 g/mol. The lowest BCUT2D eigenvalue weighted by Crippen LogP contribution is -2.49. The van der Waals surface area contributed by atoms with Crippen molar-refractivity contribution in [2.75, 3.05) is 60.0 Å². The Labute approximate surface area is 149 Å². The van der Waals surface area contributed by atoms with E-state index < -0.39 is 5.82 Å². The van der Waals surface area contributed by atoms with E-state index in [0.29, 0.717) is 11.5 Å². The van der Waals surface area contributed by atoms with Crippen molar-refractivity contribution in [3.05, 3.63) is 29.6 Å². The summed E-state index contributed by atoms with van der Waals surface area (Å²) >= 11 is 0. The lowest BCUT2D eigenvalue weighted by molar-refractivity contribution is 0.0609. The van der Waals surface area contributed by atoms with Gasteiger partial charge in [-0.3, -0.25) is 4.79 Å². The second-order valence-electron chi connectivity index (χ2n) is 7.21. The average Bonchev–Trinajstić information content (AvgIpc) is 2.64. The molecular formula is C19H28FN3O2. The van der Waals surface area contributed by atoms with Crippen molar-refractivity contribution in [3.63, 3.8) is 0 Å². The molecule has 0 N–H and O–H groups in total. The van der Waals surface area contributed by atoms with Crippen LogP contribution in [-0.4, -0.2) is 80.6 Å². The standard InChI is InChI=1S/C19H28FN3O2/c1-21-8-10-22(11-9-21)13-15-4-3-7-23(14-15)19(24)16-5-6-17(20)18(12-16)25-2/h5-6,12,15H,3-4,7-11,13-14H2,1-2H3/t15-/m0/s1. The second kappa shape index (κ2) is 8.15. The first kappa shape index (κ1) is 18.1. The number of carbonyl (C=O) groups is 1. The molecule has 0 radical (unpaired) electrons. The van der Waals surface area contributed by atoms with Gasteiger partial charge in [-0.1, -0.05) is 0 Å². The molecule has 1 aromatic rings. The van der Waals surface area contributed by atoms with Gasteiger partial charge < -0.3 is 19.4 Å². The van der Waals surface area contributed by atoms with Crippen molar-refractivity contribution < 1.29 is 13.9 Å². The fourth-order valence-electron chi connectivity index (χ4n) is 3.77. The van der Waals surface area contributed by atoms with Crippen LogP contribution in [-0.2, 0) is 0 Å². The summed E-state index contributed by atoms with van der Waals surface area (Å²) in [5, 5.41) is 0. The summed E-state index contributed by atoms with van der Waals surface area (Å²) in [5.74, 6) is 0.173. The number of amides is 1. The first-order chi connectivity index (χ1) is 12.1. The third kappa shape index (κ3) is 4.50. The van der Waals surface area contributed by atoms with Gasteiger partial charge in [0.25, 0.3) is 5.91 Å². The number of halogens is 1. The highest BCUT2D eigenvalue weighted by Gasteiger charge is 2.27. The van der Waals surface area contributed by atoms with E-state index in [0.717, 1.165) is 52.2 Å². The van der Waals surface area contributed by atoms with Crippen LogP contribution < -0.4 is 4.74 Å². The van der Waals surface area contributed by atoms with E-state index in [4.69, 9.17) is 4.74 Å². The lowest BCUT2D eigenvalue weighted by Gasteiger charge is -2.38. The maximum atomic E-state index is 13.6. The zero-order valence-corrected chi connectivity index (χ0v) is 15.2. The number of carbonyl (C=O) groups excluding carboxylic acids is 1.